The van der Waals surface area contributed by atoms with E-state index in [0.717, 1.165) is 5.56 Å². The molecule has 10 heteroatoms. The highest BCUT2D eigenvalue weighted by Gasteiger charge is 2.31. The Morgan fingerprint density at radius 1 is 1.10 bits per heavy atom. The van der Waals surface area contributed by atoms with Gasteiger partial charge in [-0.3, -0.25) is 14.9 Å². The van der Waals surface area contributed by atoms with Crippen LogP contribution in [0.3, 0.4) is 0 Å². The predicted octanol–water partition coefficient (Wildman–Crippen LogP) is 2.13. The number of carbonyl (C=O) groups is 1. The van der Waals surface area contributed by atoms with Crippen molar-refractivity contribution in [1.82, 2.24) is 4.31 Å². The minimum absolute atomic E-state index is 0.0526. The third-order valence-corrected chi connectivity index (χ3v) is 7.36. The molecule has 1 fully saturated rings. The number of anilines is 1. The first-order valence-electron chi connectivity index (χ1n) is 9.57. The second kappa shape index (κ2) is 7.78. The molecule has 0 aliphatic carbocycles. The minimum Gasteiger partial charge on any atom is -0.379 e. The number of morpholine rings is 1. The van der Waals surface area contributed by atoms with Gasteiger partial charge in [-0.2, -0.15) is 4.31 Å². The lowest BCUT2D eigenvalue weighted by Gasteiger charge is -2.26. The summed E-state index contributed by atoms with van der Waals surface area (Å²) in [7, 11) is -3.74. The Morgan fingerprint density at radius 2 is 1.83 bits per heavy atom. The quantitative estimate of drug-likeness (QED) is 0.542. The summed E-state index contributed by atoms with van der Waals surface area (Å²) in [5, 5.41) is 11.1. The number of sulfonamides is 1. The van der Waals surface area contributed by atoms with Gasteiger partial charge in [0.2, 0.25) is 10.0 Å². The number of nitrogens with zero attached hydrogens (tertiary/aromatic N) is 3. The number of fused-ring (bicyclic) bond motifs is 1. The van der Waals surface area contributed by atoms with Crippen LogP contribution in [0.2, 0.25) is 0 Å². The van der Waals surface area contributed by atoms with Gasteiger partial charge in [-0.25, -0.2) is 8.42 Å². The Labute approximate surface area is 174 Å². The molecule has 4 rings (SSSR count). The standard InChI is InChI=1S/C20H21N3O6S/c1-14-2-5-17(30(27,28)21-8-10-29-11-9-21)13-18(14)20(24)22-7-6-15-3-4-16(23(25)26)12-19(15)22/h2-5,12-13H,6-11H2,1H3. The number of carbonyl (C=O) groups excluding carboxylic acids is 1. The maximum atomic E-state index is 13.3. The largest absolute Gasteiger partial charge is 0.379 e. The normalized spacial score (nSPS) is 17.0. The highest BCUT2D eigenvalue weighted by molar-refractivity contribution is 7.89. The second-order valence-corrected chi connectivity index (χ2v) is 9.21. The fraction of sp³-hybridized carbons (Fsp3) is 0.350. The van der Waals surface area contributed by atoms with Gasteiger partial charge < -0.3 is 9.64 Å². The first-order valence-corrected chi connectivity index (χ1v) is 11.0. The monoisotopic (exact) mass is 431 g/mol. The number of hydrogen-bond donors (Lipinski definition) is 0. The summed E-state index contributed by atoms with van der Waals surface area (Å²) in [5.74, 6) is -0.370. The summed E-state index contributed by atoms with van der Waals surface area (Å²) in [6.07, 6.45) is 0.587. The van der Waals surface area contributed by atoms with Gasteiger partial charge in [0.1, 0.15) is 0 Å². The Kier molecular flexibility index (Phi) is 5.31. The van der Waals surface area contributed by atoms with E-state index < -0.39 is 14.9 Å². The summed E-state index contributed by atoms with van der Waals surface area (Å²) in [6.45, 7) is 3.32. The van der Waals surface area contributed by atoms with Crippen molar-refractivity contribution in [3.8, 4) is 0 Å². The van der Waals surface area contributed by atoms with Gasteiger partial charge in [-0.05, 0) is 36.6 Å². The van der Waals surface area contributed by atoms with Crippen LogP contribution < -0.4 is 4.90 Å². The number of nitro groups is 1. The van der Waals surface area contributed by atoms with Gasteiger partial charge >= 0.3 is 0 Å². The lowest BCUT2D eigenvalue weighted by Crippen LogP contribution is -2.40. The van der Waals surface area contributed by atoms with Crippen LogP contribution in [0.4, 0.5) is 11.4 Å². The first-order chi connectivity index (χ1) is 14.3. The van der Waals surface area contributed by atoms with Crippen molar-refractivity contribution in [2.45, 2.75) is 18.2 Å². The molecule has 0 unspecified atom stereocenters. The lowest BCUT2D eigenvalue weighted by atomic mass is 10.1. The first kappa shape index (κ1) is 20.5. The maximum Gasteiger partial charge on any atom is 0.271 e. The molecule has 2 aliphatic heterocycles. The molecule has 0 spiro atoms. The van der Waals surface area contributed by atoms with E-state index in [2.05, 4.69) is 0 Å². The third-order valence-electron chi connectivity index (χ3n) is 5.47. The molecule has 9 nitrogen and oxygen atoms in total. The Balaban J connectivity index is 1.69. The van der Waals surface area contributed by atoms with E-state index in [9.17, 15) is 23.3 Å². The highest BCUT2D eigenvalue weighted by atomic mass is 32.2. The number of aryl methyl sites for hydroxylation is 1. The number of hydrogen-bond acceptors (Lipinski definition) is 6. The topological polar surface area (TPSA) is 110 Å². The molecular weight excluding hydrogens is 410 g/mol. The molecule has 2 heterocycles. The van der Waals surface area contributed by atoms with Crippen LogP contribution >= 0.6 is 0 Å². The molecular formula is C20H21N3O6S. The lowest BCUT2D eigenvalue weighted by molar-refractivity contribution is -0.384. The molecule has 0 N–H and O–H groups in total. The molecule has 158 valence electrons. The zero-order valence-electron chi connectivity index (χ0n) is 16.4. The number of ether oxygens (including phenoxy) is 1. The zero-order valence-corrected chi connectivity index (χ0v) is 17.2. The van der Waals surface area contributed by atoms with Gasteiger partial charge in [0.25, 0.3) is 11.6 Å². The Morgan fingerprint density at radius 3 is 2.53 bits per heavy atom. The van der Waals surface area contributed by atoms with Crippen molar-refractivity contribution in [3.05, 3.63) is 63.2 Å². The van der Waals surface area contributed by atoms with Gasteiger partial charge in [0.15, 0.2) is 0 Å². The number of benzene rings is 2. The molecule has 0 radical (unpaired) electrons. The van der Waals surface area contributed by atoms with Crippen LogP contribution in [0.15, 0.2) is 41.3 Å². The van der Waals surface area contributed by atoms with Crippen molar-refractivity contribution < 1.29 is 22.9 Å². The molecule has 1 amide bonds. The zero-order chi connectivity index (χ0) is 21.5. The van der Waals surface area contributed by atoms with Crippen LogP contribution in [0, 0.1) is 17.0 Å². The summed E-state index contributed by atoms with van der Waals surface area (Å²) in [6, 6.07) is 8.99. The van der Waals surface area contributed by atoms with Crippen molar-refractivity contribution in [2.75, 3.05) is 37.7 Å². The van der Waals surface area contributed by atoms with E-state index in [1.165, 1.54) is 33.5 Å². The second-order valence-electron chi connectivity index (χ2n) is 7.27. The van der Waals surface area contributed by atoms with E-state index in [-0.39, 0.29) is 35.1 Å². The summed E-state index contributed by atoms with van der Waals surface area (Å²) < 4.78 is 32.5. The third kappa shape index (κ3) is 3.57. The average Bonchev–Trinajstić information content (AvgIpc) is 3.17. The molecule has 2 aromatic carbocycles. The van der Waals surface area contributed by atoms with Crippen LogP contribution in [-0.4, -0.2) is 56.4 Å². The molecule has 1 saturated heterocycles. The van der Waals surface area contributed by atoms with Crippen molar-refractivity contribution in [1.29, 1.82) is 0 Å². The summed E-state index contributed by atoms with van der Waals surface area (Å²) in [4.78, 5) is 25.5. The van der Waals surface area contributed by atoms with Gasteiger partial charge in [-0.1, -0.05) is 12.1 Å². The molecule has 0 saturated carbocycles. The Hall–Kier alpha value is -2.82. The maximum absolute atomic E-state index is 13.3. The van der Waals surface area contributed by atoms with Crippen LogP contribution in [0.5, 0.6) is 0 Å². The Bertz CT molecular complexity index is 1130. The molecule has 30 heavy (non-hydrogen) atoms. The molecule has 0 bridgehead atoms. The van der Waals surface area contributed by atoms with Crippen LogP contribution in [0.25, 0.3) is 0 Å². The van der Waals surface area contributed by atoms with E-state index in [4.69, 9.17) is 4.74 Å². The number of non-ortho nitro benzene ring substituents is 1. The molecule has 0 aromatic heterocycles. The van der Waals surface area contributed by atoms with E-state index >= 15 is 0 Å². The summed E-state index contributed by atoms with van der Waals surface area (Å²) in [5.41, 5.74) is 2.16. The number of amides is 1. The van der Waals surface area contributed by atoms with Crippen molar-refractivity contribution in [3.63, 3.8) is 0 Å². The van der Waals surface area contributed by atoms with E-state index in [0.29, 0.717) is 37.4 Å². The van der Waals surface area contributed by atoms with Gasteiger partial charge in [-0.15, -0.1) is 0 Å². The van der Waals surface area contributed by atoms with Crippen LogP contribution in [0.1, 0.15) is 21.5 Å². The summed E-state index contributed by atoms with van der Waals surface area (Å²) >= 11 is 0. The van der Waals surface area contributed by atoms with Crippen molar-refractivity contribution >= 4 is 27.3 Å². The van der Waals surface area contributed by atoms with Gasteiger partial charge in [0, 0.05) is 37.3 Å². The molecule has 0 atom stereocenters. The highest BCUT2D eigenvalue weighted by Crippen LogP contribution is 2.33. The van der Waals surface area contributed by atoms with Gasteiger partial charge in [0.05, 0.1) is 28.7 Å². The van der Waals surface area contributed by atoms with Crippen molar-refractivity contribution in [2.24, 2.45) is 0 Å². The number of rotatable bonds is 4. The minimum atomic E-state index is -3.74. The smallest absolute Gasteiger partial charge is 0.271 e. The molecule has 2 aromatic rings. The van der Waals surface area contributed by atoms with Crippen LogP contribution in [-0.2, 0) is 21.2 Å². The van der Waals surface area contributed by atoms with E-state index in [1.54, 1.807) is 19.1 Å². The SMILES string of the molecule is Cc1ccc(S(=O)(=O)N2CCOCC2)cc1C(=O)N1CCc2ccc([N+](=O)[O-])cc21. The fourth-order valence-electron chi connectivity index (χ4n) is 3.77. The average molecular weight is 431 g/mol. The fourth-order valence-corrected chi connectivity index (χ4v) is 5.20. The predicted molar refractivity (Wildman–Crippen MR) is 109 cm³/mol. The van der Waals surface area contributed by atoms with E-state index in [1.807, 2.05) is 0 Å². The number of nitro benzene ring substituents is 1. The molecule has 2 aliphatic rings.